The van der Waals surface area contributed by atoms with Crippen LogP contribution in [0.1, 0.15) is 19.0 Å². The average molecular weight is 335 g/mol. The van der Waals surface area contributed by atoms with Gasteiger partial charge in [0.2, 0.25) is 0 Å². The first kappa shape index (κ1) is 16.9. The number of carbonyl (C=O) groups is 1. The summed E-state index contributed by atoms with van der Waals surface area (Å²) in [6, 6.07) is 1.07. The highest BCUT2D eigenvalue weighted by Crippen LogP contribution is 2.40. The molecule has 0 aromatic carbocycles. The quantitative estimate of drug-likeness (QED) is 0.653. The monoisotopic (exact) mass is 335 g/mol. The first-order valence-electron chi connectivity index (χ1n) is 6.31. The highest BCUT2D eigenvalue weighted by molar-refractivity contribution is 5.89. The maximum absolute atomic E-state index is 13.0. The molecule has 1 amide bonds. The van der Waals surface area contributed by atoms with E-state index in [0.29, 0.717) is 0 Å². The van der Waals surface area contributed by atoms with E-state index in [1.807, 2.05) is 0 Å². The molecule has 0 radical (unpaired) electrons. The summed E-state index contributed by atoms with van der Waals surface area (Å²) in [5.74, 6) is -1.73. The maximum Gasteiger partial charge on any atom is 0.438 e. The summed E-state index contributed by atoms with van der Waals surface area (Å²) in [6.45, 7) is 1.92. The molecule has 1 atom stereocenters. The van der Waals surface area contributed by atoms with Crippen LogP contribution in [0.4, 0.5) is 19.0 Å². The van der Waals surface area contributed by atoms with Gasteiger partial charge in [-0.2, -0.15) is 28.0 Å². The van der Waals surface area contributed by atoms with Crippen molar-refractivity contribution in [2.75, 3.05) is 0 Å². The summed E-state index contributed by atoms with van der Waals surface area (Å²) >= 11 is 0. The standard InChI is InChI=1S/C11H12F3N5O4/c1-6-4-10(21,11(12,13)14)18(15-6)9(20)5-17-7(2)3-8(16-17)19(22)23/h3,21H,4-5H2,1-2H3/t10-/m1/s1. The van der Waals surface area contributed by atoms with Crippen LogP contribution in [0, 0.1) is 17.0 Å². The largest absolute Gasteiger partial charge is 0.438 e. The van der Waals surface area contributed by atoms with Gasteiger partial charge in [-0.3, -0.25) is 4.79 Å². The van der Waals surface area contributed by atoms with Gasteiger partial charge in [-0.1, -0.05) is 0 Å². The fraction of sp³-hybridized carbons (Fsp3) is 0.545. The van der Waals surface area contributed by atoms with E-state index in [2.05, 4.69) is 10.2 Å². The maximum atomic E-state index is 13.0. The molecular formula is C11H12F3N5O4. The molecule has 0 bridgehead atoms. The number of carbonyl (C=O) groups excluding carboxylic acids is 1. The predicted molar refractivity (Wildman–Crippen MR) is 69.2 cm³/mol. The Balaban J connectivity index is 2.28. The highest BCUT2D eigenvalue weighted by atomic mass is 19.4. The van der Waals surface area contributed by atoms with E-state index >= 15 is 0 Å². The van der Waals surface area contributed by atoms with Crippen molar-refractivity contribution < 1.29 is 28.0 Å². The number of halogens is 3. The van der Waals surface area contributed by atoms with Crippen molar-refractivity contribution >= 4 is 17.4 Å². The topological polar surface area (TPSA) is 114 Å². The second-order valence-corrected chi connectivity index (χ2v) is 5.09. The van der Waals surface area contributed by atoms with Crippen molar-refractivity contribution in [3.63, 3.8) is 0 Å². The van der Waals surface area contributed by atoms with Crippen LogP contribution in [-0.2, 0) is 11.3 Å². The molecule has 1 aliphatic heterocycles. The first-order chi connectivity index (χ1) is 10.5. The fourth-order valence-corrected chi connectivity index (χ4v) is 2.14. The lowest BCUT2D eigenvalue weighted by Crippen LogP contribution is -2.57. The van der Waals surface area contributed by atoms with Crippen molar-refractivity contribution in [2.24, 2.45) is 5.10 Å². The molecular weight excluding hydrogens is 323 g/mol. The van der Waals surface area contributed by atoms with Crippen molar-refractivity contribution in [2.45, 2.75) is 38.7 Å². The molecule has 1 aromatic rings. The summed E-state index contributed by atoms with van der Waals surface area (Å²) in [4.78, 5) is 21.9. The molecule has 12 heteroatoms. The van der Waals surface area contributed by atoms with Crippen LogP contribution in [-0.4, -0.2) is 48.3 Å². The van der Waals surface area contributed by atoms with Crippen molar-refractivity contribution in [1.29, 1.82) is 0 Å². The Bertz CT molecular complexity index is 698. The van der Waals surface area contributed by atoms with E-state index in [1.54, 1.807) is 0 Å². The van der Waals surface area contributed by atoms with Gasteiger partial charge in [0.15, 0.2) is 0 Å². The predicted octanol–water partition coefficient (Wildman–Crippen LogP) is 0.959. The summed E-state index contributed by atoms with van der Waals surface area (Å²) in [5.41, 5.74) is -3.29. The van der Waals surface area contributed by atoms with Gasteiger partial charge in [-0.05, 0) is 18.8 Å². The molecule has 1 aromatic heterocycles. The van der Waals surface area contributed by atoms with Gasteiger partial charge in [0.1, 0.15) is 6.54 Å². The van der Waals surface area contributed by atoms with Crippen LogP contribution in [0.25, 0.3) is 0 Å². The molecule has 0 spiro atoms. The molecule has 0 aliphatic carbocycles. The minimum atomic E-state index is -5.10. The Kier molecular flexibility index (Phi) is 3.88. The third-order valence-corrected chi connectivity index (χ3v) is 3.25. The zero-order chi connectivity index (χ0) is 17.6. The minimum Gasteiger partial charge on any atom is -0.362 e. The Labute approximate surface area is 127 Å². The Morgan fingerprint density at radius 1 is 1.52 bits per heavy atom. The highest BCUT2D eigenvalue weighted by Gasteiger charge is 2.62. The molecule has 2 rings (SSSR count). The number of hydrogen-bond acceptors (Lipinski definition) is 6. The zero-order valence-electron chi connectivity index (χ0n) is 12.0. The van der Waals surface area contributed by atoms with E-state index in [0.717, 1.165) is 10.7 Å². The van der Waals surface area contributed by atoms with E-state index < -0.39 is 41.5 Å². The lowest BCUT2D eigenvalue weighted by Gasteiger charge is -2.32. The van der Waals surface area contributed by atoms with Crippen LogP contribution in [0.2, 0.25) is 0 Å². The molecule has 0 unspecified atom stereocenters. The van der Waals surface area contributed by atoms with Gasteiger partial charge in [-0.25, -0.2) is 0 Å². The van der Waals surface area contributed by atoms with Crippen LogP contribution < -0.4 is 0 Å². The number of aliphatic hydroxyl groups is 1. The normalized spacial score (nSPS) is 21.5. The number of nitrogens with zero attached hydrogens (tertiary/aromatic N) is 5. The lowest BCUT2D eigenvalue weighted by atomic mass is 10.1. The van der Waals surface area contributed by atoms with E-state index in [1.165, 1.54) is 13.8 Å². The van der Waals surface area contributed by atoms with Crippen molar-refractivity contribution in [1.82, 2.24) is 14.8 Å². The minimum absolute atomic E-state index is 0.0463. The summed E-state index contributed by atoms with van der Waals surface area (Å²) in [7, 11) is 0. The lowest BCUT2D eigenvalue weighted by molar-refractivity contribution is -0.389. The SMILES string of the molecule is CC1=NN(C(=O)Cn2nc([N+](=O)[O-])cc2C)[C@](O)(C(F)(F)F)C1. The molecule has 1 aliphatic rings. The van der Waals surface area contributed by atoms with Crippen LogP contribution in [0.15, 0.2) is 11.2 Å². The molecule has 126 valence electrons. The number of rotatable bonds is 3. The smallest absolute Gasteiger partial charge is 0.362 e. The van der Waals surface area contributed by atoms with Crippen molar-refractivity contribution in [3.8, 4) is 0 Å². The van der Waals surface area contributed by atoms with Gasteiger partial charge >= 0.3 is 12.0 Å². The Morgan fingerprint density at radius 2 is 2.13 bits per heavy atom. The third kappa shape index (κ3) is 2.88. The second-order valence-electron chi connectivity index (χ2n) is 5.09. The molecule has 0 saturated heterocycles. The van der Waals surface area contributed by atoms with Crippen LogP contribution in [0.3, 0.4) is 0 Å². The Morgan fingerprint density at radius 3 is 2.61 bits per heavy atom. The fourth-order valence-electron chi connectivity index (χ4n) is 2.14. The van der Waals surface area contributed by atoms with Gasteiger partial charge in [0.25, 0.3) is 11.6 Å². The molecule has 0 fully saturated rings. The summed E-state index contributed by atoms with van der Waals surface area (Å²) in [6.07, 6.45) is -5.96. The zero-order valence-corrected chi connectivity index (χ0v) is 12.0. The number of alkyl halides is 3. The number of hydrazone groups is 1. The molecule has 2 heterocycles. The van der Waals surface area contributed by atoms with E-state index in [9.17, 15) is 33.2 Å². The van der Waals surface area contributed by atoms with E-state index in [-0.39, 0.29) is 16.4 Å². The van der Waals surface area contributed by atoms with Gasteiger partial charge in [0, 0.05) is 12.1 Å². The number of aryl methyl sites for hydroxylation is 1. The van der Waals surface area contributed by atoms with Crippen molar-refractivity contribution in [3.05, 3.63) is 21.9 Å². The van der Waals surface area contributed by atoms with Crippen LogP contribution in [0.5, 0.6) is 0 Å². The molecule has 0 saturated carbocycles. The molecule has 23 heavy (non-hydrogen) atoms. The number of nitro groups is 1. The third-order valence-electron chi connectivity index (χ3n) is 3.25. The first-order valence-corrected chi connectivity index (χ1v) is 6.31. The van der Waals surface area contributed by atoms with Gasteiger partial charge in [-0.15, -0.1) is 0 Å². The van der Waals surface area contributed by atoms with Gasteiger partial charge < -0.3 is 15.2 Å². The summed E-state index contributed by atoms with van der Waals surface area (Å²) in [5, 5.41) is 27.3. The number of aromatic nitrogens is 2. The Hall–Kier alpha value is -2.50. The summed E-state index contributed by atoms with van der Waals surface area (Å²) < 4.78 is 40.0. The van der Waals surface area contributed by atoms with Gasteiger partial charge in [0.05, 0.1) is 16.9 Å². The van der Waals surface area contributed by atoms with E-state index in [4.69, 9.17) is 0 Å². The number of amides is 1. The number of hydrogen-bond donors (Lipinski definition) is 1. The molecule has 9 nitrogen and oxygen atoms in total. The average Bonchev–Trinajstić information content (AvgIpc) is 2.90. The second kappa shape index (κ2) is 5.30. The van der Waals surface area contributed by atoms with Crippen LogP contribution >= 0.6 is 0 Å². The molecule has 1 N–H and O–H groups in total.